The summed E-state index contributed by atoms with van der Waals surface area (Å²) in [5.41, 5.74) is 2.09. The second-order valence-corrected chi connectivity index (χ2v) is 4.64. The number of rotatable bonds is 2. The van der Waals surface area contributed by atoms with E-state index in [9.17, 15) is 14.7 Å². The fourth-order valence-electron chi connectivity index (χ4n) is 2.50. The molecule has 1 aromatic rings. The van der Waals surface area contributed by atoms with Gasteiger partial charge in [-0.25, -0.2) is 0 Å². The Kier molecular flexibility index (Phi) is 2.18. The Labute approximate surface area is 98.9 Å². The van der Waals surface area contributed by atoms with Crippen molar-refractivity contribution in [1.82, 2.24) is 0 Å². The van der Waals surface area contributed by atoms with Crippen LogP contribution in [-0.2, 0) is 16.0 Å². The number of benzene rings is 1. The molecule has 4 heteroatoms. The molecule has 2 aliphatic rings. The van der Waals surface area contributed by atoms with E-state index in [1.54, 1.807) is 4.90 Å². The average Bonchev–Trinajstić information content (AvgIpc) is 3.02. The third-order valence-electron chi connectivity index (χ3n) is 3.56. The normalized spacial score (nSPS) is 25.5. The minimum absolute atomic E-state index is 0.0656. The van der Waals surface area contributed by atoms with Gasteiger partial charge in [-0.1, -0.05) is 18.2 Å². The number of fused-ring (bicyclic) bond motifs is 1. The Morgan fingerprint density at radius 3 is 2.71 bits per heavy atom. The molecule has 1 aliphatic carbocycles. The van der Waals surface area contributed by atoms with Gasteiger partial charge in [0.2, 0.25) is 5.91 Å². The molecule has 0 bridgehead atoms. The summed E-state index contributed by atoms with van der Waals surface area (Å²) >= 11 is 0. The number of hydrogen-bond acceptors (Lipinski definition) is 3. The first-order valence-corrected chi connectivity index (χ1v) is 5.78. The quantitative estimate of drug-likeness (QED) is 0.716. The lowest BCUT2D eigenvalue weighted by Gasteiger charge is -2.17. The highest BCUT2D eigenvalue weighted by Gasteiger charge is 2.46. The Morgan fingerprint density at radius 1 is 1.24 bits per heavy atom. The topological polar surface area (TPSA) is 60.4 Å². The summed E-state index contributed by atoms with van der Waals surface area (Å²) in [6.07, 6.45) is 1.28. The van der Waals surface area contributed by atoms with E-state index in [4.69, 9.17) is 0 Å². The van der Waals surface area contributed by atoms with Crippen LogP contribution >= 0.6 is 0 Å². The molecule has 1 aliphatic heterocycles. The van der Waals surface area contributed by atoms with Gasteiger partial charge in [-0.2, -0.15) is 0 Å². The maximum absolute atomic E-state index is 12.1. The molecule has 17 heavy (non-hydrogen) atoms. The van der Waals surface area contributed by atoms with Crippen LogP contribution in [0.3, 0.4) is 0 Å². The summed E-state index contributed by atoms with van der Waals surface area (Å²) in [6, 6.07) is 7.77. The van der Waals surface area contributed by atoms with E-state index in [1.807, 2.05) is 24.3 Å². The highest BCUT2D eigenvalue weighted by atomic mass is 16.4. The summed E-state index contributed by atoms with van der Waals surface area (Å²) in [4.78, 5) is 24.5. The van der Waals surface area contributed by atoms with Crippen LogP contribution in [0.25, 0.3) is 0 Å². The zero-order chi connectivity index (χ0) is 12.0. The number of carbonyl (C=O) groups excluding carboxylic acids is 2. The third-order valence-corrected chi connectivity index (χ3v) is 3.56. The lowest BCUT2D eigenvalue weighted by atomic mass is 10.2. The van der Waals surface area contributed by atoms with Crippen LogP contribution in [-0.4, -0.2) is 18.4 Å². The number of anilines is 1. The Hall–Kier alpha value is -1.84. The molecule has 0 N–H and O–H groups in total. The third kappa shape index (κ3) is 1.60. The molecule has 0 aromatic heterocycles. The van der Waals surface area contributed by atoms with E-state index in [1.165, 1.54) is 0 Å². The fraction of sp³-hybridized carbons (Fsp3) is 0.385. The highest BCUT2D eigenvalue weighted by molar-refractivity contribution is 6.01. The summed E-state index contributed by atoms with van der Waals surface area (Å²) in [6.45, 7) is 0.661. The molecule has 88 valence electrons. The van der Waals surface area contributed by atoms with Crippen molar-refractivity contribution in [1.29, 1.82) is 0 Å². The molecule has 1 aromatic carbocycles. The monoisotopic (exact) mass is 230 g/mol. The summed E-state index contributed by atoms with van der Waals surface area (Å²) < 4.78 is 0. The predicted molar refractivity (Wildman–Crippen MR) is 59.1 cm³/mol. The van der Waals surface area contributed by atoms with Crippen molar-refractivity contribution in [2.45, 2.75) is 12.8 Å². The second kappa shape index (κ2) is 3.58. The van der Waals surface area contributed by atoms with Gasteiger partial charge in [-0.05, 0) is 24.5 Å². The minimum Gasteiger partial charge on any atom is -0.550 e. The molecule has 0 unspecified atom stereocenters. The standard InChI is InChI=1S/C13H13NO3/c15-12(9-7-10(9)13(16)17)14-6-5-8-3-1-2-4-11(8)14/h1-4,9-10H,5-7H2,(H,16,17)/p-1/t9-,10-/m0/s1. The van der Waals surface area contributed by atoms with E-state index in [0.29, 0.717) is 13.0 Å². The lowest BCUT2D eigenvalue weighted by molar-refractivity contribution is -0.308. The zero-order valence-electron chi connectivity index (χ0n) is 9.26. The van der Waals surface area contributed by atoms with Crippen LogP contribution in [0.2, 0.25) is 0 Å². The first-order valence-electron chi connectivity index (χ1n) is 5.78. The van der Waals surface area contributed by atoms with Gasteiger partial charge in [0.25, 0.3) is 0 Å². The van der Waals surface area contributed by atoms with E-state index in [2.05, 4.69) is 0 Å². The van der Waals surface area contributed by atoms with Crippen LogP contribution in [0.15, 0.2) is 24.3 Å². The summed E-state index contributed by atoms with van der Waals surface area (Å²) in [5.74, 6) is -2.11. The summed E-state index contributed by atoms with van der Waals surface area (Å²) in [5, 5.41) is 10.7. The van der Waals surface area contributed by atoms with Crippen LogP contribution in [0.4, 0.5) is 5.69 Å². The number of carbonyl (C=O) groups is 2. The van der Waals surface area contributed by atoms with Crippen LogP contribution in [0, 0.1) is 11.8 Å². The molecule has 1 saturated carbocycles. The number of hydrogen-bond donors (Lipinski definition) is 0. The number of nitrogens with zero attached hydrogens (tertiary/aromatic N) is 1. The molecule has 0 saturated heterocycles. The largest absolute Gasteiger partial charge is 0.550 e. The highest BCUT2D eigenvalue weighted by Crippen LogP contribution is 2.41. The zero-order valence-corrected chi connectivity index (χ0v) is 9.26. The molecule has 0 radical (unpaired) electrons. The van der Waals surface area contributed by atoms with Gasteiger partial charge in [-0.3, -0.25) is 4.79 Å². The van der Waals surface area contributed by atoms with Crippen molar-refractivity contribution in [3.8, 4) is 0 Å². The minimum atomic E-state index is -1.10. The van der Waals surface area contributed by atoms with Crippen LogP contribution < -0.4 is 10.0 Å². The maximum Gasteiger partial charge on any atom is 0.230 e. The van der Waals surface area contributed by atoms with E-state index < -0.39 is 11.9 Å². The van der Waals surface area contributed by atoms with Gasteiger partial charge in [0, 0.05) is 30.0 Å². The molecule has 1 heterocycles. The summed E-state index contributed by atoms with van der Waals surface area (Å²) in [7, 11) is 0. The number of aliphatic carboxylic acids is 1. The van der Waals surface area contributed by atoms with Gasteiger partial charge in [0.15, 0.2) is 0 Å². The van der Waals surface area contributed by atoms with Gasteiger partial charge in [0.05, 0.1) is 0 Å². The lowest BCUT2D eigenvalue weighted by Crippen LogP contribution is -2.33. The van der Waals surface area contributed by atoms with E-state index in [0.717, 1.165) is 17.7 Å². The Morgan fingerprint density at radius 2 is 2.00 bits per heavy atom. The molecule has 3 rings (SSSR count). The second-order valence-electron chi connectivity index (χ2n) is 4.64. The van der Waals surface area contributed by atoms with E-state index >= 15 is 0 Å². The van der Waals surface area contributed by atoms with Gasteiger partial charge < -0.3 is 14.8 Å². The predicted octanol–water partition coefficient (Wildman–Crippen LogP) is -0.0383. The van der Waals surface area contributed by atoms with Gasteiger partial charge in [0.1, 0.15) is 0 Å². The Balaban J connectivity index is 1.79. The van der Waals surface area contributed by atoms with Crippen LogP contribution in [0.1, 0.15) is 12.0 Å². The first kappa shape index (κ1) is 10.3. The average molecular weight is 230 g/mol. The molecule has 2 atom stereocenters. The van der Waals surface area contributed by atoms with Gasteiger partial charge in [-0.15, -0.1) is 0 Å². The maximum atomic E-state index is 12.1. The van der Waals surface area contributed by atoms with Crippen LogP contribution in [0.5, 0.6) is 0 Å². The number of amides is 1. The molecular formula is C13H12NO3-. The van der Waals surface area contributed by atoms with Crippen molar-refractivity contribution in [2.75, 3.05) is 11.4 Å². The molecule has 1 amide bonds. The number of carboxylic acids is 1. The number of para-hydroxylation sites is 1. The first-order chi connectivity index (χ1) is 8.18. The van der Waals surface area contributed by atoms with Crippen molar-refractivity contribution in [3.63, 3.8) is 0 Å². The van der Waals surface area contributed by atoms with Crippen molar-refractivity contribution in [3.05, 3.63) is 29.8 Å². The fourth-order valence-corrected chi connectivity index (χ4v) is 2.50. The van der Waals surface area contributed by atoms with Gasteiger partial charge >= 0.3 is 0 Å². The Bertz CT molecular complexity index is 497. The molecule has 1 fully saturated rings. The van der Waals surface area contributed by atoms with Crippen molar-refractivity contribution in [2.24, 2.45) is 11.8 Å². The number of carboxylic acid groups (broad SMARTS) is 1. The smallest absolute Gasteiger partial charge is 0.230 e. The SMILES string of the molecule is O=C([O-])[C@H]1C[C@@H]1C(=O)N1CCc2ccccc21. The van der Waals surface area contributed by atoms with E-state index in [-0.39, 0.29) is 11.8 Å². The van der Waals surface area contributed by atoms with Crippen molar-refractivity contribution < 1.29 is 14.7 Å². The van der Waals surface area contributed by atoms with Crippen molar-refractivity contribution >= 4 is 17.6 Å². The molecule has 0 spiro atoms. The molecular weight excluding hydrogens is 218 g/mol. The molecule has 4 nitrogen and oxygen atoms in total.